The summed E-state index contributed by atoms with van der Waals surface area (Å²) < 4.78 is 7.19. The molecule has 1 saturated heterocycles. The molecule has 1 unspecified atom stereocenters. The van der Waals surface area contributed by atoms with Gasteiger partial charge in [0, 0.05) is 19.0 Å². The number of aromatic nitrogens is 3. The highest BCUT2D eigenvalue weighted by Crippen LogP contribution is 2.25. The largest absolute Gasteiger partial charge is 0.379 e. The molecule has 0 aromatic carbocycles. The van der Waals surface area contributed by atoms with Gasteiger partial charge in [-0.05, 0) is 13.3 Å². The van der Waals surface area contributed by atoms with Gasteiger partial charge in [-0.3, -0.25) is 0 Å². The monoisotopic (exact) mass is 230 g/mol. The Labute approximate surface area is 93.7 Å². The molecule has 1 fully saturated rings. The number of halogens is 1. The van der Waals surface area contributed by atoms with Crippen molar-refractivity contribution >= 4 is 17.4 Å². The predicted octanol–water partition coefficient (Wildman–Crippen LogP) is 1.11. The number of alkyl halides is 1. The second-order valence-corrected chi connectivity index (χ2v) is 4.04. The van der Waals surface area contributed by atoms with E-state index in [0.29, 0.717) is 12.5 Å². The maximum atomic E-state index is 5.98. The first kappa shape index (κ1) is 10.7. The number of ether oxygens (including phenoxy) is 1. The minimum atomic E-state index is -0.157. The molecule has 0 aliphatic carbocycles. The summed E-state index contributed by atoms with van der Waals surface area (Å²) in [6, 6.07) is 0. The summed E-state index contributed by atoms with van der Waals surface area (Å²) >= 11 is 5.98. The molecule has 2 rings (SSSR count). The van der Waals surface area contributed by atoms with Gasteiger partial charge >= 0.3 is 0 Å². The van der Waals surface area contributed by atoms with E-state index in [1.165, 1.54) is 0 Å². The Morgan fingerprint density at radius 1 is 1.73 bits per heavy atom. The smallest absolute Gasteiger partial charge is 0.145 e. The maximum Gasteiger partial charge on any atom is 0.145 e. The van der Waals surface area contributed by atoms with E-state index in [1.807, 2.05) is 11.6 Å². The summed E-state index contributed by atoms with van der Waals surface area (Å²) in [5.41, 5.74) is -0.157. The average Bonchev–Trinajstić information content (AvgIpc) is 2.88. The maximum absolute atomic E-state index is 5.98. The molecule has 6 heteroatoms. The topological polar surface area (TPSA) is 52.0 Å². The highest BCUT2D eigenvalue weighted by molar-refractivity contribution is 6.18. The van der Waals surface area contributed by atoms with Crippen LogP contribution < -0.4 is 5.32 Å². The second kappa shape index (κ2) is 4.37. The normalized spacial score (nSPS) is 25.7. The summed E-state index contributed by atoms with van der Waals surface area (Å²) in [6.45, 7) is 4.22. The first-order valence-corrected chi connectivity index (χ1v) is 5.63. The Morgan fingerprint density at radius 3 is 3.20 bits per heavy atom. The third-order valence-corrected chi connectivity index (χ3v) is 3.18. The third-order valence-electron chi connectivity index (χ3n) is 2.67. The van der Waals surface area contributed by atoms with Crippen LogP contribution in [0.25, 0.3) is 0 Å². The van der Waals surface area contributed by atoms with Crippen LogP contribution in [0.4, 0.5) is 5.82 Å². The summed E-state index contributed by atoms with van der Waals surface area (Å²) in [4.78, 5) is 0. The lowest BCUT2D eigenvalue weighted by Crippen LogP contribution is -2.41. The van der Waals surface area contributed by atoms with E-state index in [4.69, 9.17) is 16.3 Å². The highest BCUT2D eigenvalue weighted by Gasteiger charge is 2.34. The first-order valence-electron chi connectivity index (χ1n) is 5.10. The fourth-order valence-corrected chi connectivity index (χ4v) is 1.98. The van der Waals surface area contributed by atoms with Gasteiger partial charge in [-0.1, -0.05) is 5.21 Å². The zero-order chi connectivity index (χ0) is 10.7. The molecule has 84 valence electrons. The van der Waals surface area contributed by atoms with Crippen molar-refractivity contribution in [3.05, 3.63) is 6.20 Å². The van der Waals surface area contributed by atoms with Gasteiger partial charge in [0.25, 0.3) is 0 Å². The molecule has 0 radical (unpaired) electrons. The Bertz CT molecular complexity index is 322. The number of hydrogen-bond donors (Lipinski definition) is 1. The van der Waals surface area contributed by atoms with E-state index < -0.39 is 0 Å². The Balaban J connectivity index is 2.12. The van der Waals surface area contributed by atoms with Crippen LogP contribution in [0.2, 0.25) is 0 Å². The van der Waals surface area contributed by atoms with Gasteiger partial charge in [0.2, 0.25) is 0 Å². The number of nitrogens with one attached hydrogen (secondary N) is 1. The SMILES string of the molecule is CCn1nncc1NC1(CCl)CCOC1. The van der Waals surface area contributed by atoms with E-state index in [2.05, 4.69) is 15.6 Å². The second-order valence-electron chi connectivity index (χ2n) is 3.78. The molecule has 1 aromatic rings. The molecule has 1 aliphatic rings. The fraction of sp³-hybridized carbons (Fsp3) is 0.778. The number of rotatable bonds is 4. The van der Waals surface area contributed by atoms with Crippen LogP contribution >= 0.6 is 11.6 Å². The molecule has 0 spiro atoms. The summed E-state index contributed by atoms with van der Waals surface area (Å²) in [5, 5.41) is 11.2. The van der Waals surface area contributed by atoms with Crippen molar-refractivity contribution in [1.82, 2.24) is 15.0 Å². The molecule has 15 heavy (non-hydrogen) atoms. The molecular formula is C9H15ClN4O. The van der Waals surface area contributed by atoms with Crippen LogP contribution in [0, 0.1) is 0 Å². The Kier molecular flexibility index (Phi) is 3.11. The van der Waals surface area contributed by atoms with Gasteiger partial charge in [-0.2, -0.15) is 0 Å². The Hall–Kier alpha value is -0.810. The highest BCUT2D eigenvalue weighted by atomic mass is 35.5. The molecule has 0 amide bonds. The van der Waals surface area contributed by atoms with Crippen LogP contribution in [0.3, 0.4) is 0 Å². The molecule has 0 bridgehead atoms. The number of aryl methyl sites for hydroxylation is 1. The fourth-order valence-electron chi connectivity index (χ4n) is 1.70. The van der Waals surface area contributed by atoms with E-state index in [-0.39, 0.29) is 5.54 Å². The Morgan fingerprint density at radius 2 is 2.60 bits per heavy atom. The summed E-state index contributed by atoms with van der Waals surface area (Å²) in [7, 11) is 0. The molecular weight excluding hydrogens is 216 g/mol. The molecule has 1 aromatic heterocycles. The van der Waals surface area contributed by atoms with E-state index >= 15 is 0 Å². The van der Waals surface area contributed by atoms with E-state index in [0.717, 1.165) is 25.4 Å². The van der Waals surface area contributed by atoms with Crippen LogP contribution in [0.5, 0.6) is 0 Å². The zero-order valence-corrected chi connectivity index (χ0v) is 9.50. The lowest BCUT2D eigenvalue weighted by Gasteiger charge is -2.26. The zero-order valence-electron chi connectivity index (χ0n) is 8.74. The van der Waals surface area contributed by atoms with Crippen molar-refractivity contribution in [2.24, 2.45) is 0 Å². The van der Waals surface area contributed by atoms with E-state index in [1.54, 1.807) is 6.20 Å². The number of nitrogens with zero attached hydrogens (tertiary/aromatic N) is 3. The van der Waals surface area contributed by atoms with Crippen molar-refractivity contribution in [1.29, 1.82) is 0 Å². The lowest BCUT2D eigenvalue weighted by molar-refractivity contribution is 0.185. The van der Waals surface area contributed by atoms with Crippen molar-refractivity contribution in [2.45, 2.75) is 25.4 Å². The van der Waals surface area contributed by atoms with E-state index in [9.17, 15) is 0 Å². The third kappa shape index (κ3) is 2.08. The summed E-state index contributed by atoms with van der Waals surface area (Å²) in [6.07, 6.45) is 2.64. The van der Waals surface area contributed by atoms with Gasteiger partial charge in [-0.15, -0.1) is 16.7 Å². The molecule has 1 N–H and O–H groups in total. The quantitative estimate of drug-likeness (QED) is 0.788. The molecule has 1 atom stereocenters. The molecule has 1 aliphatic heterocycles. The van der Waals surface area contributed by atoms with Crippen LogP contribution in [0.15, 0.2) is 6.20 Å². The van der Waals surface area contributed by atoms with Gasteiger partial charge in [0.1, 0.15) is 5.82 Å². The van der Waals surface area contributed by atoms with Gasteiger partial charge < -0.3 is 10.1 Å². The standard InChI is InChI=1S/C9H15ClN4O/c1-2-14-8(5-11-13-14)12-9(6-10)3-4-15-7-9/h5,12H,2-4,6-7H2,1H3. The van der Waals surface area contributed by atoms with Crippen molar-refractivity contribution in [3.63, 3.8) is 0 Å². The van der Waals surface area contributed by atoms with Crippen molar-refractivity contribution in [2.75, 3.05) is 24.4 Å². The average molecular weight is 231 g/mol. The first-order chi connectivity index (χ1) is 7.29. The van der Waals surface area contributed by atoms with Gasteiger partial charge in [-0.25, -0.2) is 4.68 Å². The van der Waals surface area contributed by atoms with Crippen molar-refractivity contribution < 1.29 is 4.74 Å². The predicted molar refractivity (Wildman–Crippen MR) is 58.2 cm³/mol. The number of hydrogen-bond acceptors (Lipinski definition) is 4. The lowest BCUT2D eigenvalue weighted by atomic mass is 10.0. The summed E-state index contributed by atoms with van der Waals surface area (Å²) in [5.74, 6) is 1.44. The molecule has 5 nitrogen and oxygen atoms in total. The minimum Gasteiger partial charge on any atom is -0.379 e. The van der Waals surface area contributed by atoms with Crippen LogP contribution in [0.1, 0.15) is 13.3 Å². The van der Waals surface area contributed by atoms with Crippen molar-refractivity contribution in [3.8, 4) is 0 Å². The van der Waals surface area contributed by atoms with Gasteiger partial charge in [0.15, 0.2) is 0 Å². The molecule has 0 saturated carbocycles. The minimum absolute atomic E-state index is 0.157. The van der Waals surface area contributed by atoms with Crippen LogP contribution in [-0.2, 0) is 11.3 Å². The van der Waals surface area contributed by atoms with Crippen LogP contribution in [-0.4, -0.2) is 39.6 Å². The molecule has 2 heterocycles. The van der Waals surface area contributed by atoms with Gasteiger partial charge in [0.05, 0.1) is 18.3 Å². The number of anilines is 1.